The molecule has 0 unspecified atom stereocenters. The zero-order valence-corrected chi connectivity index (χ0v) is 11.8. The standard InChI is InChI=1S/C13H11Cl2N3/c1-7-11(6-16)17-10-5-8(14)4-9(15)12(10)13(7)18(2)3/h4-5H,1-3H3. The molecule has 0 spiro atoms. The van der Waals surface area contributed by atoms with Crippen molar-refractivity contribution in [1.82, 2.24) is 4.98 Å². The lowest BCUT2D eigenvalue weighted by atomic mass is 10.1. The van der Waals surface area contributed by atoms with Crippen molar-refractivity contribution in [3.8, 4) is 6.07 Å². The second-order valence-corrected chi connectivity index (χ2v) is 5.07. The molecule has 3 nitrogen and oxygen atoms in total. The largest absolute Gasteiger partial charge is 0.377 e. The first-order chi connectivity index (χ1) is 8.45. The van der Waals surface area contributed by atoms with E-state index in [0.717, 1.165) is 16.6 Å². The third-order valence-corrected chi connectivity index (χ3v) is 3.28. The quantitative estimate of drug-likeness (QED) is 0.797. The van der Waals surface area contributed by atoms with Gasteiger partial charge in [-0.2, -0.15) is 5.26 Å². The fourth-order valence-electron chi connectivity index (χ4n) is 2.05. The minimum absolute atomic E-state index is 0.393. The first kappa shape index (κ1) is 12.9. The molecule has 1 aromatic carbocycles. The van der Waals surface area contributed by atoms with Crippen molar-refractivity contribution in [3.63, 3.8) is 0 Å². The Hall–Kier alpha value is -1.50. The summed E-state index contributed by atoms with van der Waals surface area (Å²) in [6, 6.07) is 5.50. The first-order valence-electron chi connectivity index (χ1n) is 5.32. The molecule has 0 N–H and O–H groups in total. The molecule has 0 aliphatic carbocycles. The number of pyridine rings is 1. The maximum absolute atomic E-state index is 9.13. The molecule has 0 fully saturated rings. The van der Waals surface area contributed by atoms with E-state index in [2.05, 4.69) is 11.1 Å². The Labute approximate surface area is 116 Å². The Bertz CT molecular complexity index is 672. The van der Waals surface area contributed by atoms with Gasteiger partial charge in [0.05, 0.1) is 16.2 Å². The van der Waals surface area contributed by atoms with Crippen LogP contribution in [-0.4, -0.2) is 19.1 Å². The molecule has 1 aromatic heterocycles. The van der Waals surface area contributed by atoms with E-state index in [-0.39, 0.29) is 0 Å². The zero-order valence-electron chi connectivity index (χ0n) is 10.3. The predicted octanol–water partition coefficient (Wildman–Crippen LogP) is 3.79. The van der Waals surface area contributed by atoms with Gasteiger partial charge in [-0.15, -0.1) is 0 Å². The number of hydrogen-bond acceptors (Lipinski definition) is 3. The summed E-state index contributed by atoms with van der Waals surface area (Å²) >= 11 is 12.2. The summed E-state index contributed by atoms with van der Waals surface area (Å²) in [5.74, 6) is 0. The molecule has 0 saturated carbocycles. The molecule has 0 aliphatic heterocycles. The van der Waals surface area contributed by atoms with E-state index >= 15 is 0 Å². The Balaban J connectivity index is 3.02. The number of fused-ring (bicyclic) bond motifs is 1. The molecule has 0 aliphatic rings. The highest BCUT2D eigenvalue weighted by Crippen LogP contribution is 2.36. The summed E-state index contributed by atoms with van der Waals surface area (Å²) < 4.78 is 0. The molecule has 2 rings (SSSR count). The summed E-state index contributed by atoms with van der Waals surface area (Å²) in [7, 11) is 3.82. The molecule has 0 atom stereocenters. The molecular formula is C13H11Cl2N3. The second kappa shape index (κ2) is 4.64. The van der Waals surface area contributed by atoms with E-state index < -0.39 is 0 Å². The maximum atomic E-state index is 9.13. The van der Waals surface area contributed by atoms with E-state index in [4.69, 9.17) is 28.5 Å². The van der Waals surface area contributed by atoms with E-state index in [0.29, 0.717) is 21.3 Å². The monoisotopic (exact) mass is 279 g/mol. The van der Waals surface area contributed by atoms with Crippen LogP contribution < -0.4 is 4.90 Å². The fourth-order valence-corrected chi connectivity index (χ4v) is 2.63. The number of halogens is 2. The zero-order chi connectivity index (χ0) is 13.4. The van der Waals surface area contributed by atoms with Crippen LogP contribution in [0.25, 0.3) is 10.9 Å². The molecular weight excluding hydrogens is 269 g/mol. The number of rotatable bonds is 1. The molecule has 2 aromatic rings. The van der Waals surface area contributed by atoms with Gasteiger partial charge in [-0.25, -0.2) is 4.98 Å². The van der Waals surface area contributed by atoms with Crippen LogP contribution in [0.1, 0.15) is 11.3 Å². The molecule has 0 amide bonds. The van der Waals surface area contributed by atoms with Crippen molar-refractivity contribution in [2.75, 3.05) is 19.0 Å². The molecule has 18 heavy (non-hydrogen) atoms. The van der Waals surface area contributed by atoms with Crippen LogP contribution in [-0.2, 0) is 0 Å². The van der Waals surface area contributed by atoms with Crippen molar-refractivity contribution in [2.24, 2.45) is 0 Å². The van der Waals surface area contributed by atoms with Crippen LogP contribution in [0, 0.1) is 18.3 Å². The summed E-state index contributed by atoms with van der Waals surface area (Å²) in [4.78, 5) is 6.23. The molecule has 92 valence electrons. The third kappa shape index (κ3) is 1.98. The SMILES string of the molecule is Cc1c(C#N)nc2cc(Cl)cc(Cl)c2c1N(C)C. The third-order valence-electron chi connectivity index (χ3n) is 2.77. The van der Waals surface area contributed by atoms with E-state index in [1.165, 1.54) is 0 Å². The van der Waals surface area contributed by atoms with Crippen LogP contribution in [0.15, 0.2) is 12.1 Å². The minimum atomic E-state index is 0.393. The summed E-state index contributed by atoms with van der Waals surface area (Å²) in [5.41, 5.74) is 2.75. The average Bonchev–Trinajstić information content (AvgIpc) is 2.28. The van der Waals surface area contributed by atoms with E-state index in [9.17, 15) is 0 Å². The van der Waals surface area contributed by atoms with Crippen LogP contribution in [0.4, 0.5) is 5.69 Å². The highest BCUT2D eigenvalue weighted by Gasteiger charge is 2.16. The van der Waals surface area contributed by atoms with Gasteiger partial charge in [0, 0.05) is 30.1 Å². The van der Waals surface area contributed by atoms with E-state index in [1.807, 2.05) is 25.9 Å². The smallest absolute Gasteiger partial charge is 0.146 e. The van der Waals surface area contributed by atoms with Crippen LogP contribution in [0.2, 0.25) is 10.0 Å². The molecule has 0 saturated heterocycles. The Morgan fingerprint density at radius 3 is 2.50 bits per heavy atom. The lowest BCUT2D eigenvalue weighted by molar-refractivity contribution is 1.11. The van der Waals surface area contributed by atoms with Gasteiger partial charge in [-0.1, -0.05) is 23.2 Å². The minimum Gasteiger partial charge on any atom is -0.377 e. The summed E-state index contributed by atoms with van der Waals surface area (Å²) in [5, 5.41) is 11.0. The van der Waals surface area contributed by atoms with Crippen molar-refractivity contribution >= 4 is 39.8 Å². The number of hydrogen-bond donors (Lipinski definition) is 0. The van der Waals surface area contributed by atoms with Gasteiger partial charge >= 0.3 is 0 Å². The maximum Gasteiger partial charge on any atom is 0.146 e. The van der Waals surface area contributed by atoms with Crippen molar-refractivity contribution in [3.05, 3.63) is 33.4 Å². The van der Waals surface area contributed by atoms with Gasteiger partial charge in [0.15, 0.2) is 0 Å². The normalized spacial score (nSPS) is 10.4. The highest BCUT2D eigenvalue weighted by molar-refractivity contribution is 6.39. The van der Waals surface area contributed by atoms with Gasteiger partial charge in [0.1, 0.15) is 11.8 Å². The number of nitriles is 1. The van der Waals surface area contributed by atoms with Gasteiger partial charge in [0.25, 0.3) is 0 Å². The van der Waals surface area contributed by atoms with E-state index in [1.54, 1.807) is 12.1 Å². The van der Waals surface area contributed by atoms with Crippen LogP contribution in [0.3, 0.4) is 0 Å². The fraction of sp³-hybridized carbons (Fsp3) is 0.231. The van der Waals surface area contributed by atoms with Gasteiger partial charge < -0.3 is 4.90 Å². The lowest BCUT2D eigenvalue weighted by Gasteiger charge is -2.19. The van der Waals surface area contributed by atoms with Crippen molar-refractivity contribution in [1.29, 1.82) is 5.26 Å². The van der Waals surface area contributed by atoms with Crippen molar-refractivity contribution < 1.29 is 0 Å². The van der Waals surface area contributed by atoms with Crippen molar-refractivity contribution in [2.45, 2.75) is 6.92 Å². The topological polar surface area (TPSA) is 39.9 Å². The molecule has 0 radical (unpaired) electrons. The first-order valence-corrected chi connectivity index (χ1v) is 6.08. The Kier molecular flexibility index (Phi) is 3.34. The summed E-state index contributed by atoms with van der Waals surface area (Å²) in [6.45, 7) is 1.87. The average molecular weight is 280 g/mol. The number of benzene rings is 1. The highest BCUT2D eigenvalue weighted by atomic mass is 35.5. The molecule has 0 bridgehead atoms. The van der Waals surface area contributed by atoms with Gasteiger partial charge in [0.2, 0.25) is 0 Å². The number of anilines is 1. The number of nitrogens with zero attached hydrogens (tertiary/aromatic N) is 3. The molecule has 5 heteroatoms. The second-order valence-electron chi connectivity index (χ2n) is 4.22. The van der Waals surface area contributed by atoms with Gasteiger partial charge in [-0.05, 0) is 19.1 Å². The summed E-state index contributed by atoms with van der Waals surface area (Å²) in [6.07, 6.45) is 0. The molecule has 1 heterocycles. The lowest BCUT2D eigenvalue weighted by Crippen LogP contribution is -2.12. The predicted molar refractivity (Wildman–Crippen MR) is 75.5 cm³/mol. The van der Waals surface area contributed by atoms with Crippen LogP contribution >= 0.6 is 23.2 Å². The van der Waals surface area contributed by atoms with Gasteiger partial charge in [-0.3, -0.25) is 0 Å². The Morgan fingerprint density at radius 1 is 1.28 bits per heavy atom. The van der Waals surface area contributed by atoms with Crippen LogP contribution in [0.5, 0.6) is 0 Å². The Morgan fingerprint density at radius 2 is 1.94 bits per heavy atom. The number of aromatic nitrogens is 1.